The first-order valence-electron chi connectivity index (χ1n) is 5.04. The Morgan fingerprint density at radius 2 is 2.50 bits per heavy atom. The average molecular weight is 225 g/mol. The maximum atomic E-state index is 10.8. The highest BCUT2D eigenvalue weighted by molar-refractivity contribution is 5.73. The van der Waals surface area contributed by atoms with Gasteiger partial charge in [-0.3, -0.25) is 10.1 Å². The lowest BCUT2D eigenvalue weighted by Crippen LogP contribution is -2.24. The van der Waals surface area contributed by atoms with E-state index in [-0.39, 0.29) is 11.6 Å². The van der Waals surface area contributed by atoms with Crippen molar-refractivity contribution < 1.29 is 9.66 Å². The fourth-order valence-corrected chi connectivity index (χ4v) is 1.69. The quantitative estimate of drug-likeness (QED) is 0.428. The zero-order valence-electron chi connectivity index (χ0n) is 9.10. The Morgan fingerprint density at radius 1 is 1.75 bits per heavy atom. The van der Waals surface area contributed by atoms with Crippen molar-refractivity contribution in [3.63, 3.8) is 0 Å². The first-order chi connectivity index (χ1) is 7.70. The topological polar surface area (TPSA) is 88.2 Å². The second-order valence-corrected chi connectivity index (χ2v) is 3.43. The lowest BCUT2D eigenvalue weighted by molar-refractivity contribution is -0.416. The Labute approximate surface area is 93.6 Å². The van der Waals surface area contributed by atoms with Crippen LogP contribution in [-0.4, -0.2) is 24.8 Å². The van der Waals surface area contributed by atoms with Crippen LogP contribution in [0.5, 0.6) is 0 Å². The maximum Gasteiger partial charge on any atom is 0.305 e. The molecule has 1 unspecified atom stereocenters. The van der Waals surface area contributed by atoms with E-state index in [4.69, 9.17) is 10.1 Å². The van der Waals surface area contributed by atoms with E-state index in [1.165, 1.54) is 0 Å². The minimum atomic E-state index is -0.544. The van der Waals surface area contributed by atoms with Crippen LogP contribution in [0.15, 0.2) is 23.7 Å². The first-order valence-corrected chi connectivity index (χ1v) is 5.04. The Morgan fingerprint density at radius 3 is 3.06 bits per heavy atom. The van der Waals surface area contributed by atoms with E-state index in [1.807, 2.05) is 6.08 Å². The SMILES string of the molecule is CN/C(=C(\C=N)[N+](=O)[O-])C1CCC=COC1. The molecule has 6 nitrogen and oxygen atoms in total. The molecule has 0 saturated carbocycles. The minimum Gasteiger partial charge on any atom is -0.501 e. The maximum absolute atomic E-state index is 10.8. The minimum absolute atomic E-state index is 0.0676. The molecule has 0 aromatic heterocycles. The molecule has 0 aromatic rings. The number of nitrogens with one attached hydrogen (secondary N) is 2. The molecule has 1 rings (SSSR count). The van der Waals surface area contributed by atoms with Gasteiger partial charge in [-0.25, -0.2) is 0 Å². The molecule has 1 aliphatic heterocycles. The van der Waals surface area contributed by atoms with Gasteiger partial charge >= 0.3 is 5.70 Å². The van der Waals surface area contributed by atoms with Crippen molar-refractivity contribution in [3.05, 3.63) is 33.8 Å². The smallest absolute Gasteiger partial charge is 0.305 e. The highest BCUT2D eigenvalue weighted by Gasteiger charge is 2.24. The number of ether oxygens (including phenoxy) is 1. The van der Waals surface area contributed by atoms with Crippen molar-refractivity contribution in [2.75, 3.05) is 13.7 Å². The molecule has 0 amide bonds. The van der Waals surface area contributed by atoms with Crippen molar-refractivity contribution in [3.8, 4) is 0 Å². The van der Waals surface area contributed by atoms with Crippen LogP contribution in [0.4, 0.5) is 0 Å². The van der Waals surface area contributed by atoms with Crippen LogP contribution in [0.3, 0.4) is 0 Å². The van der Waals surface area contributed by atoms with Crippen LogP contribution in [0.1, 0.15) is 12.8 Å². The third-order valence-corrected chi connectivity index (χ3v) is 2.46. The van der Waals surface area contributed by atoms with Crippen LogP contribution in [0, 0.1) is 21.4 Å². The molecule has 88 valence electrons. The third kappa shape index (κ3) is 2.82. The zero-order chi connectivity index (χ0) is 12.0. The summed E-state index contributed by atoms with van der Waals surface area (Å²) < 4.78 is 5.21. The summed E-state index contributed by atoms with van der Waals surface area (Å²) in [6.45, 7) is 0.401. The van der Waals surface area contributed by atoms with Crippen molar-refractivity contribution >= 4 is 6.21 Å². The van der Waals surface area contributed by atoms with Gasteiger partial charge in [0.2, 0.25) is 0 Å². The molecule has 2 N–H and O–H groups in total. The monoisotopic (exact) mass is 225 g/mol. The number of rotatable bonds is 4. The van der Waals surface area contributed by atoms with E-state index in [1.54, 1.807) is 13.3 Å². The predicted molar refractivity (Wildman–Crippen MR) is 59.7 cm³/mol. The standard InChI is InChI=1S/C10H15N3O3/c1-12-10(9(6-11)13(14)15)8-4-2-3-5-16-7-8/h3,5-6,8,11-12H,2,4,7H2,1H3/b10-9+,11-6?. The van der Waals surface area contributed by atoms with Gasteiger partial charge in [-0.15, -0.1) is 0 Å². The number of allylic oxidation sites excluding steroid dienone is 2. The molecule has 0 spiro atoms. The van der Waals surface area contributed by atoms with Crippen LogP contribution >= 0.6 is 0 Å². The van der Waals surface area contributed by atoms with Gasteiger partial charge < -0.3 is 15.5 Å². The van der Waals surface area contributed by atoms with Gasteiger partial charge in [0.25, 0.3) is 0 Å². The van der Waals surface area contributed by atoms with Gasteiger partial charge in [0.15, 0.2) is 0 Å². The van der Waals surface area contributed by atoms with E-state index in [0.717, 1.165) is 19.1 Å². The van der Waals surface area contributed by atoms with Crippen molar-refractivity contribution in [1.82, 2.24) is 5.32 Å². The molecule has 0 aromatic carbocycles. The Bertz CT molecular complexity index is 326. The van der Waals surface area contributed by atoms with E-state index in [2.05, 4.69) is 5.32 Å². The Kier molecular flexibility index (Phi) is 4.50. The molecule has 0 saturated heterocycles. The van der Waals surface area contributed by atoms with Gasteiger partial charge in [0.1, 0.15) is 0 Å². The van der Waals surface area contributed by atoms with E-state index in [0.29, 0.717) is 12.3 Å². The van der Waals surface area contributed by atoms with Gasteiger partial charge in [0.05, 0.1) is 29.7 Å². The average Bonchev–Trinajstić information content (AvgIpc) is 2.53. The highest BCUT2D eigenvalue weighted by Crippen LogP contribution is 2.21. The summed E-state index contributed by atoms with van der Waals surface area (Å²) in [4.78, 5) is 10.2. The molecule has 1 aliphatic rings. The number of nitro groups is 1. The van der Waals surface area contributed by atoms with Gasteiger partial charge in [0, 0.05) is 13.0 Å². The van der Waals surface area contributed by atoms with E-state index in [9.17, 15) is 10.1 Å². The summed E-state index contributed by atoms with van der Waals surface area (Å²) in [5.74, 6) is -0.0676. The van der Waals surface area contributed by atoms with Gasteiger partial charge in [-0.05, 0) is 18.9 Å². The number of hydrogen-bond acceptors (Lipinski definition) is 5. The van der Waals surface area contributed by atoms with Crippen LogP contribution in [0.25, 0.3) is 0 Å². The number of nitrogens with zero attached hydrogens (tertiary/aromatic N) is 1. The molecule has 0 bridgehead atoms. The molecular formula is C10H15N3O3. The third-order valence-electron chi connectivity index (χ3n) is 2.46. The lowest BCUT2D eigenvalue weighted by atomic mass is 9.99. The summed E-state index contributed by atoms with van der Waals surface area (Å²) in [5.41, 5.74) is 0.265. The lowest BCUT2D eigenvalue weighted by Gasteiger charge is -2.16. The summed E-state index contributed by atoms with van der Waals surface area (Å²) in [5, 5.41) is 20.6. The molecule has 16 heavy (non-hydrogen) atoms. The second kappa shape index (κ2) is 5.89. The van der Waals surface area contributed by atoms with E-state index >= 15 is 0 Å². The van der Waals surface area contributed by atoms with Gasteiger partial charge in [-0.1, -0.05) is 0 Å². The number of hydrogen-bond donors (Lipinski definition) is 2. The summed E-state index contributed by atoms with van der Waals surface area (Å²) in [7, 11) is 1.63. The largest absolute Gasteiger partial charge is 0.501 e. The summed E-state index contributed by atoms with van der Waals surface area (Å²) in [6, 6.07) is 0. The molecule has 6 heteroatoms. The molecular weight excluding hydrogens is 210 g/mol. The summed E-state index contributed by atoms with van der Waals surface area (Å²) in [6.07, 6.45) is 5.87. The normalized spacial score (nSPS) is 21.4. The first kappa shape index (κ1) is 12.2. The van der Waals surface area contributed by atoms with Crippen molar-refractivity contribution in [2.24, 2.45) is 5.92 Å². The fraction of sp³-hybridized carbons (Fsp3) is 0.500. The Hall–Kier alpha value is -1.85. The zero-order valence-corrected chi connectivity index (χ0v) is 9.10. The second-order valence-electron chi connectivity index (χ2n) is 3.43. The Balaban J connectivity index is 2.94. The summed E-state index contributed by atoms with van der Waals surface area (Å²) >= 11 is 0. The van der Waals surface area contributed by atoms with Crippen LogP contribution < -0.4 is 5.32 Å². The molecule has 0 fully saturated rings. The van der Waals surface area contributed by atoms with Crippen molar-refractivity contribution in [1.29, 1.82) is 5.41 Å². The van der Waals surface area contributed by atoms with Crippen LogP contribution in [-0.2, 0) is 4.74 Å². The molecule has 1 heterocycles. The predicted octanol–water partition coefficient (Wildman–Crippen LogP) is 1.28. The molecule has 0 radical (unpaired) electrons. The molecule has 0 aliphatic carbocycles. The molecule has 1 atom stereocenters. The highest BCUT2D eigenvalue weighted by atomic mass is 16.6. The van der Waals surface area contributed by atoms with E-state index < -0.39 is 4.92 Å². The van der Waals surface area contributed by atoms with Gasteiger partial charge in [-0.2, -0.15) is 0 Å². The van der Waals surface area contributed by atoms with Crippen LogP contribution in [0.2, 0.25) is 0 Å². The van der Waals surface area contributed by atoms with Crippen molar-refractivity contribution in [2.45, 2.75) is 12.8 Å². The fourth-order valence-electron chi connectivity index (χ4n) is 1.69.